The van der Waals surface area contributed by atoms with E-state index in [-0.39, 0.29) is 25.4 Å². The van der Waals surface area contributed by atoms with Crippen molar-refractivity contribution in [1.82, 2.24) is 14.9 Å². The summed E-state index contributed by atoms with van der Waals surface area (Å²) in [5.41, 5.74) is 2.49. The van der Waals surface area contributed by atoms with Gasteiger partial charge < -0.3 is 9.88 Å². The van der Waals surface area contributed by atoms with Gasteiger partial charge in [0.1, 0.15) is 5.25 Å². The number of fused-ring (bicyclic) bond motifs is 1. The van der Waals surface area contributed by atoms with Gasteiger partial charge in [-0.3, -0.25) is 4.79 Å². The van der Waals surface area contributed by atoms with Crippen LogP contribution in [0.25, 0.3) is 11.0 Å². The summed E-state index contributed by atoms with van der Waals surface area (Å²) in [6, 6.07) is 5.46. The minimum Gasteiger partial charge on any atom is -0.345 e. The minimum atomic E-state index is -4.67. The number of H-pyrrole nitrogens is 1. The number of nitrogens with zero attached hydrogens (tertiary/aromatic N) is 2. The summed E-state index contributed by atoms with van der Waals surface area (Å²) in [6.07, 6.45) is 1.28. The summed E-state index contributed by atoms with van der Waals surface area (Å²) in [5.74, 6) is -0.346. The molecule has 0 saturated carbocycles. The van der Waals surface area contributed by atoms with Crippen molar-refractivity contribution in [2.45, 2.75) is 18.2 Å². The van der Waals surface area contributed by atoms with Crippen LogP contribution in [0.1, 0.15) is 12.0 Å². The monoisotopic (exact) mass is 297 g/mol. The molecule has 1 aromatic heterocycles. The van der Waals surface area contributed by atoms with Gasteiger partial charge in [-0.1, -0.05) is 6.07 Å². The van der Waals surface area contributed by atoms with E-state index in [9.17, 15) is 17.1 Å². The lowest BCUT2D eigenvalue weighted by Gasteiger charge is -2.15. The van der Waals surface area contributed by atoms with Crippen LogP contribution in [0.15, 0.2) is 24.5 Å². The number of aromatic amines is 1. The van der Waals surface area contributed by atoms with E-state index in [4.69, 9.17) is 0 Å². The quantitative estimate of drug-likeness (QED) is 0.855. The van der Waals surface area contributed by atoms with Crippen LogP contribution >= 0.6 is 0 Å². The Morgan fingerprint density at radius 3 is 2.95 bits per heavy atom. The molecule has 2 aromatic rings. The van der Waals surface area contributed by atoms with Crippen LogP contribution < -0.4 is 0 Å². The summed E-state index contributed by atoms with van der Waals surface area (Å²) in [6.45, 7) is 0.165. The van der Waals surface area contributed by atoms with E-state index in [1.54, 1.807) is 6.33 Å². The molecule has 1 N–H and O–H groups in total. The first kappa shape index (κ1) is 13.0. The van der Waals surface area contributed by atoms with Crippen molar-refractivity contribution >= 4 is 27.2 Å². The minimum absolute atomic E-state index is 0.0985. The zero-order chi connectivity index (χ0) is 14.3. The Labute approximate surface area is 114 Å². The number of halogens is 1. The van der Waals surface area contributed by atoms with Gasteiger partial charge in [-0.25, -0.2) is 4.98 Å². The highest BCUT2D eigenvalue weighted by Gasteiger charge is 2.38. The zero-order valence-corrected chi connectivity index (χ0v) is 11.2. The van der Waals surface area contributed by atoms with E-state index in [0.29, 0.717) is 0 Å². The molecular weight excluding hydrogens is 285 g/mol. The molecular formula is C12H12FN3O3S. The maximum atomic E-state index is 12.9. The van der Waals surface area contributed by atoms with Crippen LogP contribution in [0.3, 0.4) is 0 Å². The number of carbonyl (C=O) groups excluding carboxylic acids is 1. The Morgan fingerprint density at radius 2 is 2.25 bits per heavy atom. The molecule has 0 aliphatic carbocycles. The molecule has 1 aliphatic heterocycles. The lowest BCUT2D eigenvalue weighted by molar-refractivity contribution is -0.128. The number of rotatable bonds is 3. The highest BCUT2D eigenvalue weighted by atomic mass is 32.3. The maximum absolute atomic E-state index is 12.9. The van der Waals surface area contributed by atoms with Crippen molar-refractivity contribution in [1.29, 1.82) is 0 Å². The molecule has 6 nitrogen and oxygen atoms in total. The van der Waals surface area contributed by atoms with Gasteiger partial charge in [-0.2, -0.15) is 8.42 Å². The third kappa shape index (κ3) is 2.38. The van der Waals surface area contributed by atoms with E-state index in [2.05, 4.69) is 9.97 Å². The van der Waals surface area contributed by atoms with E-state index in [1.807, 2.05) is 18.2 Å². The highest BCUT2D eigenvalue weighted by molar-refractivity contribution is 7.87. The number of likely N-dealkylation sites (tertiary alicyclic amines) is 1. The van der Waals surface area contributed by atoms with Crippen molar-refractivity contribution in [3.63, 3.8) is 0 Å². The molecule has 1 aliphatic rings. The Bertz CT molecular complexity index is 771. The molecule has 0 spiro atoms. The van der Waals surface area contributed by atoms with Gasteiger partial charge in [0, 0.05) is 19.5 Å². The number of carbonyl (C=O) groups is 1. The van der Waals surface area contributed by atoms with Gasteiger partial charge in [0.05, 0.1) is 17.4 Å². The maximum Gasteiger partial charge on any atom is 0.307 e. The first-order valence-corrected chi connectivity index (χ1v) is 7.51. The molecule has 2 heterocycles. The highest BCUT2D eigenvalue weighted by Crippen LogP contribution is 2.22. The van der Waals surface area contributed by atoms with Gasteiger partial charge >= 0.3 is 10.2 Å². The second kappa shape index (κ2) is 4.55. The molecule has 1 aromatic carbocycles. The van der Waals surface area contributed by atoms with Crippen molar-refractivity contribution in [3.8, 4) is 0 Å². The standard InChI is InChI=1S/C12H12FN3O3S/c13-20(18,19)9-4-12(17)16(6-9)5-8-1-2-10-11(3-8)15-7-14-10/h1-3,7,9H,4-6H2,(H,14,15). The van der Waals surface area contributed by atoms with Gasteiger partial charge in [0.25, 0.3) is 0 Å². The fourth-order valence-electron chi connectivity index (χ4n) is 2.38. The molecule has 1 atom stereocenters. The van der Waals surface area contributed by atoms with Crippen molar-refractivity contribution < 1.29 is 17.1 Å². The number of imidazole rings is 1. The molecule has 0 radical (unpaired) electrons. The SMILES string of the molecule is O=C1CC(S(=O)(=O)F)CN1Cc1ccc2nc[nH]c2c1. The molecule has 3 rings (SSSR count). The fourth-order valence-corrected chi connectivity index (χ4v) is 3.08. The van der Waals surface area contributed by atoms with E-state index >= 15 is 0 Å². The molecule has 106 valence electrons. The Morgan fingerprint density at radius 1 is 1.45 bits per heavy atom. The van der Waals surface area contributed by atoms with Crippen LogP contribution in [0.5, 0.6) is 0 Å². The smallest absolute Gasteiger partial charge is 0.307 e. The van der Waals surface area contributed by atoms with Gasteiger partial charge in [0.2, 0.25) is 5.91 Å². The summed E-state index contributed by atoms with van der Waals surface area (Å²) in [4.78, 5) is 20.1. The van der Waals surface area contributed by atoms with Crippen LogP contribution in [0.2, 0.25) is 0 Å². The topological polar surface area (TPSA) is 83.1 Å². The lowest BCUT2D eigenvalue weighted by Crippen LogP contribution is -2.26. The van der Waals surface area contributed by atoms with Crippen molar-refractivity contribution in [2.75, 3.05) is 6.54 Å². The molecule has 1 unspecified atom stereocenters. The summed E-state index contributed by atoms with van der Waals surface area (Å²) >= 11 is 0. The summed E-state index contributed by atoms with van der Waals surface area (Å²) < 4.78 is 34.6. The van der Waals surface area contributed by atoms with Crippen LogP contribution in [-0.4, -0.2) is 41.0 Å². The molecule has 20 heavy (non-hydrogen) atoms. The Balaban J connectivity index is 1.79. The first-order chi connectivity index (χ1) is 9.43. The number of hydrogen-bond donors (Lipinski definition) is 1. The van der Waals surface area contributed by atoms with Crippen molar-refractivity contribution in [3.05, 3.63) is 30.1 Å². The third-order valence-corrected chi connectivity index (χ3v) is 4.55. The average Bonchev–Trinajstić information content (AvgIpc) is 2.95. The number of nitrogens with one attached hydrogen (secondary N) is 1. The Hall–Kier alpha value is -1.96. The third-order valence-electron chi connectivity index (χ3n) is 3.44. The second-order valence-corrected chi connectivity index (χ2v) is 6.45. The predicted octanol–water partition coefficient (Wildman–Crippen LogP) is 0.963. The van der Waals surface area contributed by atoms with E-state index < -0.39 is 15.5 Å². The molecule has 0 bridgehead atoms. The first-order valence-electron chi connectivity index (χ1n) is 6.07. The van der Waals surface area contributed by atoms with E-state index in [1.165, 1.54) is 4.90 Å². The average molecular weight is 297 g/mol. The molecule has 8 heteroatoms. The fraction of sp³-hybridized carbons (Fsp3) is 0.333. The second-order valence-electron chi connectivity index (χ2n) is 4.83. The molecule has 1 saturated heterocycles. The van der Waals surface area contributed by atoms with Crippen LogP contribution in [-0.2, 0) is 21.6 Å². The van der Waals surface area contributed by atoms with Gasteiger partial charge in [-0.05, 0) is 17.7 Å². The number of aromatic nitrogens is 2. The largest absolute Gasteiger partial charge is 0.345 e. The lowest BCUT2D eigenvalue weighted by atomic mass is 10.2. The normalized spacial score (nSPS) is 19.9. The van der Waals surface area contributed by atoms with Gasteiger partial charge in [0.15, 0.2) is 0 Å². The van der Waals surface area contributed by atoms with E-state index in [0.717, 1.165) is 16.6 Å². The zero-order valence-electron chi connectivity index (χ0n) is 10.4. The Kier molecular flexibility index (Phi) is 2.97. The van der Waals surface area contributed by atoms with Crippen LogP contribution in [0, 0.1) is 0 Å². The number of hydrogen-bond acceptors (Lipinski definition) is 4. The summed E-state index contributed by atoms with van der Waals surface area (Å²) in [5, 5.41) is -1.24. The molecule has 1 amide bonds. The predicted molar refractivity (Wildman–Crippen MR) is 69.9 cm³/mol. The van der Waals surface area contributed by atoms with Crippen molar-refractivity contribution in [2.24, 2.45) is 0 Å². The summed E-state index contributed by atoms with van der Waals surface area (Å²) in [7, 11) is -4.67. The molecule has 1 fully saturated rings. The number of amides is 1. The number of benzene rings is 1. The van der Waals surface area contributed by atoms with Crippen LogP contribution in [0.4, 0.5) is 3.89 Å². The van der Waals surface area contributed by atoms with Gasteiger partial charge in [-0.15, -0.1) is 3.89 Å².